The Labute approximate surface area is 110 Å². The lowest BCUT2D eigenvalue weighted by molar-refractivity contribution is 0.0696. The van der Waals surface area contributed by atoms with Crippen LogP contribution in [0.25, 0.3) is 0 Å². The molecule has 2 aromatic rings. The fourth-order valence-corrected chi connectivity index (χ4v) is 1.74. The van der Waals surface area contributed by atoms with Crippen molar-refractivity contribution in [2.24, 2.45) is 7.05 Å². The Kier molecular flexibility index (Phi) is 3.41. The fourth-order valence-electron chi connectivity index (χ4n) is 1.74. The van der Waals surface area contributed by atoms with Gasteiger partial charge in [-0.1, -0.05) is 0 Å². The third-order valence-electron chi connectivity index (χ3n) is 2.73. The van der Waals surface area contributed by atoms with Crippen LogP contribution < -0.4 is 10.5 Å². The lowest BCUT2D eigenvalue weighted by Crippen LogP contribution is -2.05. The molecule has 0 aliphatic rings. The van der Waals surface area contributed by atoms with Gasteiger partial charge in [0.1, 0.15) is 12.4 Å². The van der Waals surface area contributed by atoms with E-state index in [4.69, 9.17) is 15.6 Å². The third kappa shape index (κ3) is 2.85. The van der Waals surface area contributed by atoms with Gasteiger partial charge in [-0.25, -0.2) is 4.79 Å². The number of nitrogens with two attached hydrogens (primary N) is 1. The van der Waals surface area contributed by atoms with Crippen molar-refractivity contribution in [3.8, 4) is 5.75 Å². The number of anilines is 1. The topological polar surface area (TPSA) is 90.4 Å². The van der Waals surface area contributed by atoms with E-state index in [1.807, 2.05) is 20.0 Å². The molecule has 0 spiro atoms. The molecule has 6 nitrogen and oxygen atoms in total. The van der Waals surface area contributed by atoms with Crippen LogP contribution in [0.15, 0.2) is 24.3 Å². The molecule has 0 radical (unpaired) electrons. The minimum absolute atomic E-state index is 0.144. The van der Waals surface area contributed by atoms with Gasteiger partial charge in [0.25, 0.3) is 0 Å². The molecule has 0 saturated heterocycles. The second-order valence-corrected chi connectivity index (χ2v) is 4.25. The van der Waals surface area contributed by atoms with Crippen LogP contribution in [-0.2, 0) is 13.7 Å². The summed E-state index contributed by atoms with van der Waals surface area (Å²) in [6, 6.07) is 6.28. The van der Waals surface area contributed by atoms with Crippen LogP contribution in [0.4, 0.5) is 5.69 Å². The second kappa shape index (κ2) is 5.01. The van der Waals surface area contributed by atoms with E-state index in [9.17, 15) is 4.79 Å². The number of aryl methyl sites for hydroxylation is 2. The van der Waals surface area contributed by atoms with E-state index in [-0.39, 0.29) is 12.2 Å². The van der Waals surface area contributed by atoms with Crippen molar-refractivity contribution in [2.45, 2.75) is 13.5 Å². The van der Waals surface area contributed by atoms with E-state index in [0.717, 1.165) is 11.4 Å². The summed E-state index contributed by atoms with van der Waals surface area (Å²) in [5.41, 5.74) is 8.09. The lowest BCUT2D eigenvalue weighted by Gasteiger charge is -2.09. The zero-order chi connectivity index (χ0) is 14.0. The number of carboxylic acid groups (broad SMARTS) is 1. The van der Waals surface area contributed by atoms with E-state index < -0.39 is 5.97 Å². The molecule has 1 aromatic heterocycles. The summed E-state index contributed by atoms with van der Waals surface area (Å²) in [6.07, 6.45) is 0. The predicted molar refractivity (Wildman–Crippen MR) is 70.1 cm³/mol. The molecule has 0 fully saturated rings. The van der Waals surface area contributed by atoms with Gasteiger partial charge in [-0.15, -0.1) is 0 Å². The summed E-state index contributed by atoms with van der Waals surface area (Å²) in [6.45, 7) is 2.17. The van der Waals surface area contributed by atoms with Crippen LogP contribution in [0.3, 0.4) is 0 Å². The SMILES string of the molecule is Cc1cc(COc2cc(C(=O)O)ccc2N)n(C)n1. The first kappa shape index (κ1) is 12.9. The van der Waals surface area contributed by atoms with Gasteiger partial charge >= 0.3 is 5.97 Å². The van der Waals surface area contributed by atoms with Crippen molar-refractivity contribution in [1.29, 1.82) is 0 Å². The largest absolute Gasteiger partial charge is 0.485 e. The number of aromatic carboxylic acids is 1. The Morgan fingerprint density at radius 1 is 1.47 bits per heavy atom. The number of nitrogen functional groups attached to an aromatic ring is 1. The van der Waals surface area contributed by atoms with Crippen molar-refractivity contribution >= 4 is 11.7 Å². The highest BCUT2D eigenvalue weighted by molar-refractivity contribution is 5.89. The van der Waals surface area contributed by atoms with Crippen LogP contribution in [-0.4, -0.2) is 20.9 Å². The quantitative estimate of drug-likeness (QED) is 0.815. The lowest BCUT2D eigenvalue weighted by atomic mass is 10.2. The third-order valence-corrected chi connectivity index (χ3v) is 2.73. The summed E-state index contributed by atoms with van der Waals surface area (Å²) < 4.78 is 7.27. The van der Waals surface area contributed by atoms with Gasteiger partial charge in [-0.05, 0) is 31.2 Å². The minimum Gasteiger partial charge on any atom is -0.485 e. The Bertz CT molecular complexity index is 620. The Hall–Kier alpha value is -2.50. The molecule has 0 saturated carbocycles. The molecule has 0 unspecified atom stereocenters. The number of carbonyl (C=O) groups is 1. The average molecular weight is 261 g/mol. The van der Waals surface area contributed by atoms with Gasteiger partial charge in [-0.3, -0.25) is 4.68 Å². The molecule has 0 aliphatic heterocycles. The van der Waals surface area contributed by atoms with E-state index in [1.54, 1.807) is 4.68 Å². The summed E-state index contributed by atoms with van der Waals surface area (Å²) in [5.74, 6) is -0.653. The predicted octanol–water partition coefficient (Wildman–Crippen LogP) is 1.59. The van der Waals surface area contributed by atoms with Crippen molar-refractivity contribution in [3.05, 3.63) is 41.2 Å². The molecule has 2 rings (SSSR count). The number of ether oxygens (including phenoxy) is 1. The number of hydrogen-bond acceptors (Lipinski definition) is 4. The highest BCUT2D eigenvalue weighted by Gasteiger charge is 2.09. The molecule has 0 bridgehead atoms. The summed E-state index contributed by atoms with van der Waals surface area (Å²) in [5, 5.41) is 13.1. The maximum atomic E-state index is 10.9. The first-order chi connectivity index (χ1) is 8.97. The second-order valence-electron chi connectivity index (χ2n) is 4.25. The van der Waals surface area contributed by atoms with Gasteiger partial charge in [0.15, 0.2) is 0 Å². The maximum Gasteiger partial charge on any atom is 0.335 e. The molecular weight excluding hydrogens is 246 g/mol. The number of rotatable bonds is 4. The van der Waals surface area contributed by atoms with Gasteiger partial charge in [0.05, 0.1) is 22.6 Å². The molecule has 6 heteroatoms. The maximum absolute atomic E-state index is 10.9. The zero-order valence-corrected chi connectivity index (χ0v) is 10.8. The Balaban J connectivity index is 2.17. The normalized spacial score (nSPS) is 10.4. The van der Waals surface area contributed by atoms with E-state index in [2.05, 4.69) is 5.10 Å². The smallest absolute Gasteiger partial charge is 0.335 e. The molecule has 0 amide bonds. The zero-order valence-electron chi connectivity index (χ0n) is 10.8. The highest BCUT2D eigenvalue weighted by Crippen LogP contribution is 2.23. The number of benzene rings is 1. The monoisotopic (exact) mass is 261 g/mol. The van der Waals surface area contributed by atoms with Crippen molar-refractivity contribution < 1.29 is 14.6 Å². The summed E-state index contributed by atoms with van der Waals surface area (Å²) in [7, 11) is 1.82. The van der Waals surface area contributed by atoms with E-state index >= 15 is 0 Å². The van der Waals surface area contributed by atoms with Crippen LogP contribution in [0, 0.1) is 6.92 Å². The molecule has 1 aromatic carbocycles. The number of aromatic nitrogens is 2. The van der Waals surface area contributed by atoms with Crippen molar-refractivity contribution in [1.82, 2.24) is 9.78 Å². The van der Waals surface area contributed by atoms with Gasteiger partial charge in [0.2, 0.25) is 0 Å². The summed E-state index contributed by atoms with van der Waals surface area (Å²) in [4.78, 5) is 10.9. The van der Waals surface area contributed by atoms with Gasteiger partial charge in [-0.2, -0.15) is 5.10 Å². The van der Waals surface area contributed by atoms with Crippen LogP contribution in [0.1, 0.15) is 21.7 Å². The van der Waals surface area contributed by atoms with Crippen molar-refractivity contribution in [3.63, 3.8) is 0 Å². The summed E-state index contributed by atoms with van der Waals surface area (Å²) >= 11 is 0. The molecule has 100 valence electrons. The van der Waals surface area contributed by atoms with Crippen LogP contribution in [0.2, 0.25) is 0 Å². The molecule has 19 heavy (non-hydrogen) atoms. The van der Waals surface area contributed by atoms with Crippen LogP contribution in [0.5, 0.6) is 5.75 Å². The van der Waals surface area contributed by atoms with Gasteiger partial charge < -0.3 is 15.6 Å². The fraction of sp³-hybridized carbons (Fsp3) is 0.231. The molecule has 0 atom stereocenters. The van der Waals surface area contributed by atoms with E-state index in [0.29, 0.717) is 11.4 Å². The van der Waals surface area contributed by atoms with Crippen molar-refractivity contribution in [2.75, 3.05) is 5.73 Å². The molecule has 3 N–H and O–H groups in total. The van der Waals surface area contributed by atoms with E-state index in [1.165, 1.54) is 18.2 Å². The first-order valence-corrected chi connectivity index (χ1v) is 5.72. The highest BCUT2D eigenvalue weighted by atomic mass is 16.5. The standard InChI is InChI=1S/C13H15N3O3/c1-8-5-10(16(2)15-8)7-19-12-6-9(13(17)18)3-4-11(12)14/h3-6H,7,14H2,1-2H3,(H,17,18). The minimum atomic E-state index is -1.01. The Morgan fingerprint density at radius 2 is 2.21 bits per heavy atom. The molecular formula is C13H15N3O3. The van der Waals surface area contributed by atoms with Crippen LogP contribution >= 0.6 is 0 Å². The number of nitrogens with zero attached hydrogens (tertiary/aromatic N) is 2. The molecule has 0 aliphatic carbocycles. The average Bonchev–Trinajstić information content (AvgIpc) is 2.66. The number of hydrogen-bond donors (Lipinski definition) is 2. The Morgan fingerprint density at radius 3 is 2.79 bits per heavy atom. The first-order valence-electron chi connectivity index (χ1n) is 5.72. The van der Waals surface area contributed by atoms with Gasteiger partial charge in [0, 0.05) is 7.05 Å². The molecule has 1 heterocycles. The number of carboxylic acids is 1.